The minimum atomic E-state index is -4.52. The fraction of sp³-hybridized carbons (Fsp3) is 0.222. The van der Waals surface area contributed by atoms with E-state index in [0.29, 0.717) is 30.4 Å². The van der Waals surface area contributed by atoms with E-state index < -0.39 is 30.0 Å². The van der Waals surface area contributed by atoms with Gasteiger partial charge in [0, 0.05) is 17.4 Å². The molecule has 0 aromatic heterocycles. The lowest BCUT2D eigenvalue weighted by Crippen LogP contribution is -2.22. The number of hydrogen-bond acceptors (Lipinski definition) is 4. The van der Waals surface area contributed by atoms with Crippen LogP contribution in [0.5, 0.6) is 11.5 Å². The number of carbonyl (C=O) groups excluding carboxylic acids is 2. The van der Waals surface area contributed by atoms with Crippen LogP contribution in [-0.4, -0.2) is 25.0 Å². The van der Waals surface area contributed by atoms with Gasteiger partial charge in [0.05, 0.1) is 5.56 Å². The highest BCUT2D eigenvalue weighted by molar-refractivity contribution is 6.08. The van der Waals surface area contributed by atoms with Gasteiger partial charge in [-0.05, 0) is 30.3 Å². The lowest BCUT2D eigenvalue weighted by Gasteiger charge is -2.19. The minimum absolute atomic E-state index is 0.0399. The van der Waals surface area contributed by atoms with Crippen LogP contribution >= 0.6 is 0 Å². The maximum absolute atomic E-state index is 12.7. The first-order chi connectivity index (χ1) is 12.8. The van der Waals surface area contributed by atoms with Crippen molar-refractivity contribution >= 4 is 23.2 Å². The smallest absolute Gasteiger partial charge is 0.416 e. The third-order valence-electron chi connectivity index (χ3n) is 3.62. The number of ether oxygens (including phenoxy) is 2. The van der Waals surface area contributed by atoms with Crippen LogP contribution in [0.1, 0.15) is 12.0 Å². The van der Waals surface area contributed by atoms with Crippen molar-refractivity contribution in [1.82, 2.24) is 0 Å². The number of amides is 2. The molecule has 6 nitrogen and oxygen atoms in total. The van der Waals surface area contributed by atoms with E-state index in [9.17, 15) is 22.8 Å². The van der Waals surface area contributed by atoms with Crippen molar-refractivity contribution in [2.75, 3.05) is 23.8 Å². The van der Waals surface area contributed by atoms with Gasteiger partial charge in [0.2, 0.25) is 11.8 Å². The molecule has 0 saturated heterocycles. The van der Waals surface area contributed by atoms with Crippen LogP contribution in [0.15, 0.2) is 42.5 Å². The van der Waals surface area contributed by atoms with Crippen LogP contribution in [0, 0.1) is 0 Å². The number of anilines is 2. The van der Waals surface area contributed by atoms with E-state index in [1.54, 1.807) is 18.2 Å². The zero-order valence-electron chi connectivity index (χ0n) is 13.9. The Hall–Kier alpha value is -3.23. The van der Waals surface area contributed by atoms with Gasteiger partial charge >= 0.3 is 6.18 Å². The molecule has 2 N–H and O–H groups in total. The molecule has 0 radical (unpaired) electrons. The van der Waals surface area contributed by atoms with E-state index >= 15 is 0 Å². The number of nitrogens with one attached hydrogen (secondary N) is 2. The van der Waals surface area contributed by atoms with Gasteiger partial charge in [0.1, 0.15) is 19.6 Å². The highest BCUT2D eigenvalue weighted by Crippen LogP contribution is 2.33. The second-order valence-corrected chi connectivity index (χ2v) is 5.71. The Morgan fingerprint density at radius 1 is 0.889 bits per heavy atom. The summed E-state index contributed by atoms with van der Waals surface area (Å²) in [6.45, 7) is 0.832. The maximum Gasteiger partial charge on any atom is 0.416 e. The monoisotopic (exact) mass is 380 g/mol. The van der Waals surface area contributed by atoms with Crippen LogP contribution < -0.4 is 20.1 Å². The van der Waals surface area contributed by atoms with Gasteiger partial charge in [-0.1, -0.05) is 6.07 Å². The first kappa shape index (κ1) is 18.6. The van der Waals surface area contributed by atoms with Crippen LogP contribution in [0.4, 0.5) is 24.5 Å². The van der Waals surface area contributed by atoms with Crippen molar-refractivity contribution in [3.05, 3.63) is 48.0 Å². The largest absolute Gasteiger partial charge is 0.486 e. The fourth-order valence-corrected chi connectivity index (χ4v) is 2.45. The van der Waals surface area contributed by atoms with Crippen molar-refractivity contribution in [2.24, 2.45) is 0 Å². The Morgan fingerprint density at radius 2 is 1.52 bits per heavy atom. The number of hydrogen-bond donors (Lipinski definition) is 2. The Balaban J connectivity index is 1.57. The first-order valence-electron chi connectivity index (χ1n) is 7.98. The number of halogens is 3. The zero-order valence-corrected chi connectivity index (χ0v) is 13.9. The molecule has 1 aliphatic heterocycles. The van der Waals surface area contributed by atoms with Gasteiger partial charge in [-0.15, -0.1) is 0 Å². The molecule has 27 heavy (non-hydrogen) atoms. The van der Waals surface area contributed by atoms with Gasteiger partial charge < -0.3 is 20.1 Å². The molecular formula is C18H15F3N2O4. The number of carbonyl (C=O) groups is 2. The molecule has 9 heteroatoms. The van der Waals surface area contributed by atoms with Gasteiger partial charge in [0.15, 0.2) is 11.5 Å². The molecule has 0 bridgehead atoms. The van der Waals surface area contributed by atoms with Crippen LogP contribution in [0.2, 0.25) is 0 Å². The molecule has 0 atom stereocenters. The topological polar surface area (TPSA) is 76.7 Å². The summed E-state index contributed by atoms with van der Waals surface area (Å²) in [6, 6.07) is 8.97. The predicted octanol–water partition coefficient (Wildman–Crippen LogP) is 3.44. The molecule has 0 aliphatic carbocycles. The number of fused-ring (bicyclic) bond motifs is 1. The highest BCUT2D eigenvalue weighted by atomic mass is 19.4. The zero-order chi connectivity index (χ0) is 19.4. The van der Waals surface area contributed by atoms with Crippen molar-refractivity contribution in [3.8, 4) is 11.5 Å². The van der Waals surface area contributed by atoms with Crippen molar-refractivity contribution in [1.29, 1.82) is 0 Å². The van der Waals surface area contributed by atoms with Gasteiger partial charge in [-0.25, -0.2) is 0 Å². The first-order valence-corrected chi connectivity index (χ1v) is 7.98. The quantitative estimate of drug-likeness (QED) is 0.797. The average Bonchev–Trinajstić information content (AvgIpc) is 2.61. The van der Waals surface area contributed by atoms with Crippen LogP contribution in [-0.2, 0) is 15.8 Å². The molecule has 0 fully saturated rings. The molecule has 1 heterocycles. The average molecular weight is 380 g/mol. The molecule has 0 unspecified atom stereocenters. The second-order valence-electron chi connectivity index (χ2n) is 5.71. The molecule has 1 aliphatic rings. The van der Waals surface area contributed by atoms with Gasteiger partial charge in [-0.2, -0.15) is 13.2 Å². The summed E-state index contributed by atoms with van der Waals surface area (Å²) in [7, 11) is 0. The van der Waals surface area contributed by atoms with E-state index in [1.807, 2.05) is 0 Å². The lowest BCUT2D eigenvalue weighted by atomic mass is 10.2. The molecule has 2 aromatic carbocycles. The SMILES string of the molecule is O=C(CC(=O)Nc1ccc2c(c1)OCCO2)Nc1cccc(C(F)(F)F)c1. The molecule has 2 amide bonds. The van der Waals surface area contributed by atoms with E-state index in [1.165, 1.54) is 12.1 Å². The third kappa shape index (κ3) is 4.90. The van der Waals surface area contributed by atoms with Gasteiger partial charge in [-0.3, -0.25) is 9.59 Å². The summed E-state index contributed by atoms with van der Waals surface area (Å²) in [5.74, 6) is -0.311. The third-order valence-corrected chi connectivity index (χ3v) is 3.62. The predicted molar refractivity (Wildman–Crippen MR) is 90.8 cm³/mol. The maximum atomic E-state index is 12.7. The van der Waals surface area contributed by atoms with E-state index in [4.69, 9.17) is 9.47 Å². The Labute approximate surface area is 152 Å². The lowest BCUT2D eigenvalue weighted by molar-refractivity contribution is -0.137. The van der Waals surface area contributed by atoms with Crippen molar-refractivity contribution in [2.45, 2.75) is 12.6 Å². The van der Waals surface area contributed by atoms with Crippen LogP contribution in [0.25, 0.3) is 0 Å². The molecule has 142 valence electrons. The minimum Gasteiger partial charge on any atom is -0.486 e. The molecule has 2 aromatic rings. The van der Waals surface area contributed by atoms with Crippen molar-refractivity contribution < 1.29 is 32.2 Å². The summed E-state index contributed by atoms with van der Waals surface area (Å²) in [5.41, 5.74) is -0.515. The fourth-order valence-electron chi connectivity index (χ4n) is 2.45. The Kier molecular flexibility index (Phi) is 5.20. The summed E-state index contributed by atoms with van der Waals surface area (Å²) in [5, 5.41) is 4.81. The summed E-state index contributed by atoms with van der Waals surface area (Å²) < 4.78 is 48.8. The standard InChI is InChI=1S/C18H15F3N2O4/c19-18(20,21)11-2-1-3-12(8-11)22-16(24)10-17(25)23-13-4-5-14-15(9-13)27-7-6-26-14/h1-5,8-9H,6-7,10H2,(H,22,24)(H,23,25). The Bertz CT molecular complexity index is 868. The Morgan fingerprint density at radius 3 is 2.19 bits per heavy atom. The molecule has 0 saturated carbocycles. The van der Waals surface area contributed by atoms with Crippen molar-refractivity contribution in [3.63, 3.8) is 0 Å². The summed E-state index contributed by atoms with van der Waals surface area (Å²) >= 11 is 0. The second kappa shape index (κ2) is 7.56. The normalized spacial score (nSPS) is 13.0. The number of rotatable bonds is 4. The van der Waals surface area contributed by atoms with E-state index in [-0.39, 0.29) is 5.69 Å². The highest BCUT2D eigenvalue weighted by Gasteiger charge is 2.30. The summed E-state index contributed by atoms with van der Waals surface area (Å²) in [4.78, 5) is 23.9. The van der Waals surface area contributed by atoms with E-state index in [0.717, 1.165) is 12.1 Å². The molecular weight excluding hydrogens is 365 g/mol. The number of alkyl halides is 3. The van der Waals surface area contributed by atoms with E-state index in [2.05, 4.69) is 10.6 Å². The number of benzene rings is 2. The molecule has 0 spiro atoms. The van der Waals surface area contributed by atoms with Gasteiger partial charge in [0.25, 0.3) is 0 Å². The van der Waals surface area contributed by atoms with Crippen LogP contribution in [0.3, 0.4) is 0 Å². The molecule has 3 rings (SSSR count). The summed E-state index contributed by atoms with van der Waals surface area (Å²) in [6.07, 6.45) is -5.07.